The van der Waals surface area contributed by atoms with Crippen LogP contribution in [0.15, 0.2) is 0 Å². The van der Waals surface area contributed by atoms with Gasteiger partial charge in [-0.15, -0.1) is 0 Å². The van der Waals surface area contributed by atoms with E-state index in [0.29, 0.717) is 13.0 Å². The van der Waals surface area contributed by atoms with Gasteiger partial charge in [-0.2, -0.15) is 0 Å². The lowest BCUT2D eigenvalue weighted by Gasteiger charge is -2.35. The molecule has 4 amide bonds. The average molecular weight is 293 g/mol. The minimum atomic E-state index is -0.673. The van der Waals surface area contributed by atoms with Crippen LogP contribution in [0.25, 0.3) is 0 Å². The highest BCUT2D eigenvalue weighted by atomic mass is 16.2. The van der Waals surface area contributed by atoms with Gasteiger partial charge in [0.05, 0.1) is 0 Å². The third kappa shape index (κ3) is 2.52. The second kappa shape index (κ2) is 5.13. The predicted octanol–water partition coefficient (Wildman–Crippen LogP) is -0.739. The van der Waals surface area contributed by atoms with Gasteiger partial charge in [0.2, 0.25) is 23.6 Å². The van der Waals surface area contributed by atoms with Crippen molar-refractivity contribution in [2.75, 3.05) is 13.1 Å². The number of imide groups is 1. The average Bonchev–Trinajstić information content (AvgIpc) is 3.18. The van der Waals surface area contributed by atoms with Crippen LogP contribution in [0.3, 0.4) is 0 Å². The van der Waals surface area contributed by atoms with E-state index in [4.69, 9.17) is 0 Å². The molecule has 1 aliphatic carbocycles. The number of nitrogens with zero attached hydrogens (tertiary/aromatic N) is 2. The maximum atomic E-state index is 12.7. The molecule has 1 saturated carbocycles. The predicted molar refractivity (Wildman–Crippen MR) is 71.8 cm³/mol. The van der Waals surface area contributed by atoms with Crippen LogP contribution in [0, 0.1) is 5.92 Å². The molecule has 2 unspecified atom stereocenters. The lowest BCUT2D eigenvalue weighted by Crippen LogP contribution is -2.61. The molecule has 2 aliphatic heterocycles. The highest BCUT2D eigenvalue weighted by Crippen LogP contribution is 2.34. The van der Waals surface area contributed by atoms with Crippen molar-refractivity contribution in [2.24, 2.45) is 5.92 Å². The monoisotopic (exact) mass is 293 g/mol. The molecule has 0 aromatic heterocycles. The molecule has 0 spiro atoms. The number of piperazine rings is 1. The van der Waals surface area contributed by atoms with E-state index in [9.17, 15) is 19.2 Å². The zero-order valence-corrected chi connectivity index (χ0v) is 12.0. The van der Waals surface area contributed by atoms with Gasteiger partial charge in [0, 0.05) is 12.5 Å². The Hall–Kier alpha value is -1.92. The number of rotatable bonds is 2. The van der Waals surface area contributed by atoms with Crippen molar-refractivity contribution >= 4 is 23.6 Å². The number of likely N-dealkylation sites (tertiary alicyclic amines) is 1. The van der Waals surface area contributed by atoms with E-state index in [-0.39, 0.29) is 24.3 Å². The van der Waals surface area contributed by atoms with Crippen molar-refractivity contribution in [2.45, 2.75) is 44.7 Å². The summed E-state index contributed by atoms with van der Waals surface area (Å²) in [6, 6.07) is -1.19. The number of carbonyl (C=O) groups excluding carboxylic acids is 4. The first-order chi connectivity index (χ1) is 9.99. The summed E-state index contributed by atoms with van der Waals surface area (Å²) >= 11 is 0. The first-order valence-electron chi connectivity index (χ1n) is 7.43. The SMILES string of the molecule is CC1C(=O)NC(=O)CN1C(=O)C1CCCN1C(=O)C1CC1. The number of amides is 4. The van der Waals surface area contributed by atoms with E-state index in [1.165, 1.54) is 4.90 Å². The summed E-state index contributed by atoms with van der Waals surface area (Å²) < 4.78 is 0. The minimum absolute atomic E-state index is 0.0475. The molecule has 0 radical (unpaired) electrons. The number of nitrogens with one attached hydrogen (secondary N) is 1. The van der Waals surface area contributed by atoms with Gasteiger partial charge < -0.3 is 9.80 Å². The van der Waals surface area contributed by atoms with Crippen molar-refractivity contribution in [1.29, 1.82) is 0 Å². The Kier molecular flexibility index (Phi) is 3.43. The zero-order valence-electron chi connectivity index (χ0n) is 12.0. The molecule has 0 aromatic carbocycles. The molecule has 3 rings (SSSR count). The van der Waals surface area contributed by atoms with E-state index >= 15 is 0 Å². The molecule has 1 N–H and O–H groups in total. The normalized spacial score (nSPS) is 29.6. The van der Waals surface area contributed by atoms with Crippen molar-refractivity contribution in [3.8, 4) is 0 Å². The number of hydrogen-bond donors (Lipinski definition) is 1. The molecule has 2 heterocycles. The van der Waals surface area contributed by atoms with Crippen molar-refractivity contribution < 1.29 is 19.2 Å². The highest BCUT2D eigenvalue weighted by molar-refractivity contribution is 6.05. The number of hydrogen-bond acceptors (Lipinski definition) is 4. The topological polar surface area (TPSA) is 86.8 Å². The van der Waals surface area contributed by atoms with E-state index in [1.54, 1.807) is 11.8 Å². The Balaban J connectivity index is 1.75. The quantitative estimate of drug-likeness (QED) is 0.679. The Morgan fingerprint density at radius 1 is 1.10 bits per heavy atom. The van der Waals surface area contributed by atoms with Gasteiger partial charge in [-0.3, -0.25) is 24.5 Å². The van der Waals surface area contributed by atoms with E-state index in [1.807, 2.05) is 0 Å². The van der Waals surface area contributed by atoms with E-state index < -0.39 is 23.9 Å². The van der Waals surface area contributed by atoms with Crippen LogP contribution in [0.5, 0.6) is 0 Å². The Morgan fingerprint density at radius 3 is 2.48 bits per heavy atom. The standard InChI is InChI=1S/C14H19N3O4/c1-8-12(19)15-11(18)7-17(8)14(21)10-3-2-6-16(10)13(20)9-4-5-9/h8-10H,2-7H2,1H3,(H,15,18,19). The van der Waals surface area contributed by atoms with Crippen LogP contribution in [-0.2, 0) is 19.2 Å². The summed E-state index contributed by atoms with van der Waals surface area (Å²) in [6.45, 7) is 2.07. The molecule has 21 heavy (non-hydrogen) atoms. The fourth-order valence-corrected chi connectivity index (χ4v) is 3.03. The maximum Gasteiger partial charge on any atom is 0.249 e. The molecule has 0 aromatic rings. The van der Waals surface area contributed by atoms with Gasteiger partial charge in [0.15, 0.2) is 0 Å². The maximum absolute atomic E-state index is 12.7. The molecule has 7 heteroatoms. The molecule has 2 saturated heterocycles. The van der Waals surface area contributed by atoms with Gasteiger partial charge in [0.1, 0.15) is 18.6 Å². The van der Waals surface area contributed by atoms with Gasteiger partial charge >= 0.3 is 0 Å². The van der Waals surface area contributed by atoms with E-state index in [0.717, 1.165) is 19.3 Å². The third-order valence-electron chi connectivity index (χ3n) is 4.45. The zero-order chi connectivity index (χ0) is 15.1. The molecule has 0 bridgehead atoms. The third-order valence-corrected chi connectivity index (χ3v) is 4.45. The Labute approximate surface area is 122 Å². The lowest BCUT2D eigenvalue weighted by molar-refractivity contribution is -0.153. The summed E-state index contributed by atoms with van der Waals surface area (Å²) in [6.07, 6.45) is 3.20. The molecular weight excluding hydrogens is 274 g/mol. The first-order valence-corrected chi connectivity index (χ1v) is 7.43. The molecule has 114 valence electrons. The van der Waals surface area contributed by atoms with Gasteiger partial charge in [-0.05, 0) is 32.6 Å². The summed E-state index contributed by atoms with van der Waals surface area (Å²) in [5.41, 5.74) is 0. The molecule has 2 atom stereocenters. The molecular formula is C14H19N3O4. The smallest absolute Gasteiger partial charge is 0.249 e. The van der Waals surface area contributed by atoms with Crippen molar-refractivity contribution in [1.82, 2.24) is 15.1 Å². The van der Waals surface area contributed by atoms with Crippen LogP contribution in [0.1, 0.15) is 32.6 Å². The van der Waals surface area contributed by atoms with Gasteiger partial charge in [-0.1, -0.05) is 0 Å². The fourth-order valence-electron chi connectivity index (χ4n) is 3.03. The van der Waals surface area contributed by atoms with Crippen LogP contribution < -0.4 is 5.32 Å². The Morgan fingerprint density at radius 2 is 1.81 bits per heavy atom. The second-order valence-corrected chi connectivity index (χ2v) is 6.02. The Bertz CT molecular complexity index is 514. The summed E-state index contributed by atoms with van der Waals surface area (Å²) in [7, 11) is 0. The fraction of sp³-hybridized carbons (Fsp3) is 0.714. The van der Waals surface area contributed by atoms with E-state index in [2.05, 4.69) is 5.32 Å². The summed E-state index contributed by atoms with van der Waals surface area (Å²) in [4.78, 5) is 51.0. The van der Waals surface area contributed by atoms with Crippen LogP contribution in [-0.4, -0.2) is 58.6 Å². The van der Waals surface area contributed by atoms with Crippen LogP contribution in [0.2, 0.25) is 0 Å². The van der Waals surface area contributed by atoms with Crippen molar-refractivity contribution in [3.63, 3.8) is 0 Å². The molecule has 3 aliphatic rings. The second-order valence-electron chi connectivity index (χ2n) is 6.02. The van der Waals surface area contributed by atoms with Gasteiger partial charge in [0.25, 0.3) is 0 Å². The lowest BCUT2D eigenvalue weighted by atomic mass is 10.1. The largest absolute Gasteiger partial charge is 0.330 e. The van der Waals surface area contributed by atoms with Crippen LogP contribution >= 0.6 is 0 Å². The molecule has 3 fully saturated rings. The highest BCUT2D eigenvalue weighted by Gasteiger charge is 2.44. The minimum Gasteiger partial charge on any atom is -0.330 e. The number of carbonyl (C=O) groups is 4. The van der Waals surface area contributed by atoms with Gasteiger partial charge in [-0.25, -0.2) is 0 Å². The summed E-state index contributed by atoms with van der Waals surface area (Å²) in [5, 5.41) is 2.21. The first kappa shape index (κ1) is 14.0. The van der Waals surface area contributed by atoms with Crippen LogP contribution in [0.4, 0.5) is 0 Å². The molecule has 7 nitrogen and oxygen atoms in total. The van der Waals surface area contributed by atoms with Crippen molar-refractivity contribution in [3.05, 3.63) is 0 Å². The summed E-state index contributed by atoms with van der Waals surface area (Å²) in [5.74, 6) is -1.09.